The number of aliphatic carboxylic acids is 1. The normalized spacial score (nSPS) is 12.1. The first-order chi connectivity index (χ1) is 9.07. The van der Waals surface area contributed by atoms with Gasteiger partial charge in [0.2, 0.25) is 5.91 Å². The SMILES string of the molecule is CNCCCC[C@H](N)C(=O)NCCCCCC(=O)O. The topological polar surface area (TPSA) is 104 Å². The van der Waals surface area contributed by atoms with E-state index in [1.807, 2.05) is 7.05 Å². The van der Waals surface area contributed by atoms with Gasteiger partial charge in [0.05, 0.1) is 6.04 Å². The first-order valence-corrected chi connectivity index (χ1v) is 6.97. The van der Waals surface area contributed by atoms with Gasteiger partial charge in [0.25, 0.3) is 0 Å². The van der Waals surface area contributed by atoms with Crippen LogP contribution in [0, 0.1) is 0 Å². The third kappa shape index (κ3) is 11.7. The van der Waals surface area contributed by atoms with Gasteiger partial charge >= 0.3 is 5.97 Å². The Balaban J connectivity index is 3.43. The van der Waals surface area contributed by atoms with Gasteiger partial charge < -0.3 is 21.5 Å². The van der Waals surface area contributed by atoms with Crippen LogP contribution in [0.5, 0.6) is 0 Å². The molecule has 0 saturated carbocycles. The summed E-state index contributed by atoms with van der Waals surface area (Å²) < 4.78 is 0. The summed E-state index contributed by atoms with van der Waals surface area (Å²) in [5.41, 5.74) is 5.77. The van der Waals surface area contributed by atoms with E-state index in [0.29, 0.717) is 19.4 Å². The summed E-state index contributed by atoms with van der Waals surface area (Å²) >= 11 is 0. The Morgan fingerprint density at radius 2 is 1.79 bits per heavy atom. The van der Waals surface area contributed by atoms with Crippen LogP contribution < -0.4 is 16.4 Å². The maximum Gasteiger partial charge on any atom is 0.303 e. The maximum atomic E-state index is 11.6. The summed E-state index contributed by atoms with van der Waals surface area (Å²) in [4.78, 5) is 21.9. The van der Waals surface area contributed by atoms with E-state index in [9.17, 15) is 9.59 Å². The second-order valence-corrected chi connectivity index (χ2v) is 4.70. The first-order valence-electron chi connectivity index (χ1n) is 6.97. The van der Waals surface area contributed by atoms with Crippen LogP contribution in [0.4, 0.5) is 0 Å². The molecule has 0 bridgehead atoms. The van der Waals surface area contributed by atoms with Gasteiger partial charge in [0, 0.05) is 13.0 Å². The minimum absolute atomic E-state index is 0.109. The number of nitrogens with one attached hydrogen (secondary N) is 2. The molecule has 0 aromatic rings. The molecule has 19 heavy (non-hydrogen) atoms. The summed E-state index contributed by atoms with van der Waals surface area (Å²) in [5.74, 6) is -0.879. The van der Waals surface area contributed by atoms with Crippen LogP contribution in [0.25, 0.3) is 0 Å². The number of hydrogen-bond donors (Lipinski definition) is 4. The van der Waals surface area contributed by atoms with Crippen molar-refractivity contribution in [3.63, 3.8) is 0 Å². The summed E-state index contributed by atoms with van der Waals surface area (Å²) in [6, 6.07) is -0.434. The molecule has 0 aliphatic carbocycles. The average molecular weight is 273 g/mol. The van der Waals surface area contributed by atoms with Crippen molar-refractivity contribution in [2.24, 2.45) is 5.73 Å². The highest BCUT2D eigenvalue weighted by atomic mass is 16.4. The molecule has 0 heterocycles. The van der Waals surface area contributed by atoms with Gasteiger partial charge in [0.1, 0.15) is 0 Å². The van der Waals surface area contributed by atoms with E-state index in [4.69, 9.17) is 10.8 Å². The van der Waals surface area contributed by atoms with Crippen molar-refractivity contribution in [1.29, 1.82) is 0 Å². The van der Waals surface area contributed by atoms with Crippen molar-refractivity contribution in [2.45, 2.75) is 51.0 Å². The predicted octanol–water partition coefficient (Wildman–Crippen LogP) is 0.465. The average Bonchev–Trinajstić information content (AvgIpc) is 2.37. The van der Waals surface area contributed by atoms with Gasteiger partial charge in [-0.1, -0.05) is 12.8 Å². The number of carboxylic acids is 1. The molecule has 112 valence electrons. The van der Waals surface area contributed by atoms with Crippen LogP contribution in [-0.2, 0) is 9.59 Å². The van der Waals surface area contributed by atoms with E-state index in [0.717, 1.165) is 32.2 Å². The van der Waals surface area contributed by atoms with Crippen molar-refractivity contribution in [3.05, 3.63) is 0 Å². The number of rotatable bonds is 12. The number of nitrogens with two attached hydrogens (primary N) is 1. The summed E-state index contributed by atoms with van der Waals surface area (Å²) in [6.45, 7) is 1.51. The van der Waals surface area contributed by atoms with Gasteiger partial charge in [-0.15, -0.1) is 0 Å². The molecule has 5 N–H and O–H groups in total. The van der Waals surface area contributed by atoms with Gasteiger partial charge in [-0.25, -0.2) is 0 Å². The second kappa shape index (κ2) is 11.9. The van der Waals surface area contributed by atoms with Crippen LogP contribution in [0.1, 0.15) is 44.9 Å². The van der Waals surface area contributed by atoms with Crippen molar-refractivity contribution in [1.82, 2.24) is 10.6 Å². The molecule has 0 aromatic carbocycles. The van der Waals surface area contributed by atoms with E-state index in [1.54, 1.807) is 0 Å². The standard InChI is InChI=1S/C13H27N3O3/c1-15-9-6-4-7-11(14)13(19)16-10-5-2-3-8-12(17)18/h11,15H,2-10,14H2,1H3,(H,16,19)(H,17,18)/t11-/m0/s1. The molecule has 0 aromatic heterocycles. The second-order valence-electron chi connectivity index (χ2n) is 4.70. The Morgan fingerprint density at radius 1 is 1.11 bits per heavy atom. The molecule has 0 spiro atoms. The van der Waals surface area contributed by atoms with Crippen LogP contribution in [0.2, 0.25) is 0 Å². The number of carbonyl (C=O) groups is 2. The Labute approximate surface area is 115 Å². The summed E-state index contributed by atoms with van der Waals surface area (Å²) in [6.07, 6.45) is 5.11. The first kappa shape index (κ1) is 17.9. The zero-order valence-electron chi connectivity index (χ0n) is 11.8. The van der Waals surface area contributed by atoms with Crippen LogP contribution >= 0.6 is 0 Å². The number of amides is 1. The van der Waals surface area contributed by atoms with E-state index < -0.39 is 12.0 Å². The van der Waals surface area contributed by atoms with E-state index in [1.165, 1.54) is 0 Å². The van der Waals surface area contributed by atoms with E-state index in [2.05, 4.69) is 10.6 Å². The molecule has 0 unspecified atom stereocenters. The Morgan fingerprint density at radius 3 is 2.42 bits per heavy atom. The lowest BCUT2D eigenvalue weighted by Crippen LogP contribution is -2.40. The van der Waals surface area contributed by atoms with Crippen LogP contribution in [-0.4, -0.2) is 43.2 Å². The summed E-state index contributed by atoms with van der Waals surface area (Å²) in [7, 11) is 1.90. The largest absolute Gasteiger partial charge is 0.481 e. The van der Waals surface area contributed by atoms with Crippen LogP contribution in [0.15, 0.2) is 0 Å². The minimum Gasteiger partial charge on any atom is -0.481 e. The number of unbranched alkanes of at least 4 members (excludes halogenated alkanes) is 3. The molecule has 0 fully saturated rings. The van der Waals surface area contributed by atoms with Crippen molar-refractivity contribution < 1.29 is 14.7 Å². The predicted molar refractivity (Wildman–Crippen MR) is 74.9 cm³/mol. The lowest BCUT2D eigenvalue weighted by molar-refractivity contribution is -0.137. The molecule has 6 nitrogen and oxygen atoms in total. The van der Waals surface area contributed by atoms with E-state index >= 15 is 0 Å². The third-order valence-electron chi connectivity index (χ3n) is 2.90. The van der Waals surface area contributed by atoms with Crippen LogP contribution in [0.3, 0.4) is 0 Å². The molecular formula is C13H27N3O3. The Hall–Kier alpha value is -1.14. The molecule has 0 radical (unpaired) electrons. The third-order valence-corrected chi connectivity index (χ3v) is 2.90. The fraction of sp³-hybridized carbons (Fsp3) is 0.846. The number of hydrogen-bond acceptors (Lipinski definition) is 4. The fourth-order valence-electron chi connectivity index (χ4n) is 1.72. The van der Waals surface area contributed by atoms with Gasteiger partial charge in [-0.05, 0) is 39.3 Å². The molecule has 0 aliphatic heterocycles. The molecule has 0 rings (SSSR count). The summed E-state index contributed by atoms with van der Waals surface area (Å²) in [5, 5.41) is 14.3. The van der Waals surface area contributed by atoms with Crippen molar-refractivity contribution in [2.75, 3.05) is 20.1 Å². The van der Waals surface area contributed by atoms with E-state index in [-0.39, 0.29) is 12.3 Å². The van der Waals surface area contributed by atoms with Gasteiger partial charge in [-0.2, -0.15) is 0 Å². The van der Waals surface area contributed by atoms with Gasteiger partial charge in [-0.3, -0.25) is 9.59 Å². The zero-order chi connectivity index (χ0) is 14.5. The minimum atomic E-state index is -0.771. The highest BCUT2D eigenvalue weighted by Gasteiger charge is 2.11. The maximum absolute atomic E-state index is 11.6. The quantitative estimate of drug-likeness (QED) is 0.387. The smallest absolute Gasteiger partial charge is 0.303 e. The molecule has 1 atom stereocenters. The lowest BCUT2D eigenvalue weighted by atomic mass is 10.1. The molecule has 6 heteroatoms. The van der Waals surface area contributed by atoms with Crippen molar-refractivity contribution >= 4 is 11.9 Å². The lowest BCUT2D eigenvalue weighted by Gasteiger charge is -2.12. The van der Waals surface area contributed by atoms with Gasteiger partial charge in [0.15, 0.2) is 0 Å². The molecule has 0 saturated heterocycles. The Bertz CT molecular complexity index is 260. The molecular weight excluding hydrogens is 246 g/mol. The molecule has 1 amide bonds. The monoisotopic (exact) mass is 273 g/mol. The fourth-order valence-corrected chi connectivity index (χ4v) is 1.72. The molecule has 0 aliphatic rings. The highest BCUT2D eigenvalue weighted by molar-refractivity contribution is 5.81. The zero-order valence-corrected chi connectivity index (χ0v) is 11.8. The van der Waals surface area contributed by atoms with Crippen molar-refractivity contribution in [3.8, 4) is 0 Å². The Kier molecular flexibility index (Phi) is 11.2. The highest BCUT2D eigenvalue weighted by Crippen LogP contribution is 2.00. The number of carboxylic acid groups (broad SMARTS) is 1. The number of carbonyl (C=O) groups excluding carboxylic acids is 1.